The molecule has 2 aliphatic rings. The summed E-state index contributed by atoms with van der Waals surface area (Å²) < 4.78 is 0. The zero-order valence-corrected chi connectivity index (χ0v) is 18.0. The van der Waals surface area contributed by atoms with Crippen molar-refractivity contribution in [1.82, 2.24) is 15.1 Å². The Morgan fingerprint density at radius 2 is 1.96 bits per heavy atom. The van der Waals surface area contributed by atoms with Gasteiger partial charge in [-0.05, 0) is 37.9 Å². The van der Waals surface area contributed by atoms with Gasteiger partial charge in [-0.1, -0.05) is 43.7 Å². The highest BCUT2D eigenvalue weighted by Crippen LogP contribution is 2.27. The first-order valence-corrected chi connectivity index (χ1v) is 9.56. The Morgan fingerprint density at radius 1 is 1.16 bits per heavy atom. The second kappa shape index (κ2) is 10.4. The van der Waals surface area contributed by atoms with E-state index < -0.39 is 0 Å². The molecule has 3 rings (SSSR count). The molecule has 0 aliphatic carbocycles. The van der Waals surface area contributed by atoms with Crippen LogP contribution in [0.4, 0.5) is 0 Å². The van der Waals surface area contributed by atoms with Crippen molar-refractivity contribution >= 4 is 29.9 Å². The molecule has 2 atom stereocenters. The Labute approximate surface area is 170 Å². The molecule has 140 valence electrons. The summed E-state index contributed by atoms with van der Waals surface area (Å²) in [5.74, 6) is 1.71. The zero-order chi connectivity index (χ0) is 16.8. The highest BCUT2D eigenvalue weighted by Gasteiger charge is 2.27. The summed E-state index contributed by atoms with van der Waals surface area (Å²) in [5.41, 5.74) is 1.46. The Morgan fingerprint density at radius 3 is 2.68 bits per heavy atom. The van der Waals surface area contributed by atoms with Gasteiger partial charge in [-0.3, -0.25) is 9.89 Å². The average Bonchev–Trinajstić information content (AvgIpc) is 3.13. The third kappa shape index (κ3) is 5.33. The zero-order valence-electron chi connectivity index (χ0n) is 15.7. The van der Waals surface area contributed by atoms with Crippen LogP contribution in [0.25, 0.3) is 0 Å². The Hall–Kier alpha value is -0.820. The van der Waals surface area contributed by atoms with Crippen LogP contribution in [0.1, 0.15) is 44.1 Å². The van der Waals surface area contributed by atoms with E-state index in [1.807, 2.05) is 7.05 Å². The van der Waals surface area contributed by atoms with Crippen LogP contribution in [0.5, 0.6) is 0 Å². The molecule has 4 nitrogen and oxygen atoms in total. The van der Waals surface area contributed by atoms with Crippen LogP contribution in [0.15, 0.2) is 35.3 Å². The minimum absolute atomic E-state index is 0. The fraction of sp³-hybridized carbons (Fsp3) is 0.650. The van der Waals surface area contributed by atoms with Crippen molar-refractivity contribution in [1.29, 1.82) is 0 Å². The first-order chi connectivity index (χ1) is 11.8. The molecule has 0 saturated carbocycles. The quantitative estimate of drug-likeness (QED) is 0.427. The van der Waals surface area contributed by atoms with Crippen molar-refractivity contribution in [3.05, 3.63) is 35.9 Å². The van der Waals surface area contributed by atoms with E-state index in [1.165, 1.54) is 37.8 Å². The molecule has 1 aromatic carbocycles. The van der Waals surface area contributed by atoms with Gasteiger partial charge in [0.2, 0.25) is 0 Å². The van der Waals surface area contributed by atoms with E-state index in [0.717, 1.165) is 32.1 Å². The molecule has 1 N–H and O–H groups in total. The van der Waals surface area contributed by atoms with Crippen molar-refractivity contribution in [2.75, 3.05) is 39.8 Å². The standard InChI is InChI=1S/C20H32N4.HI/c1-3-23-13-8-7-11-19(23)15-22-20(21-2)24-14-12-18(16-24)17-9-5-4-6-10-17;/h4-6,9-10,18-19H,3,7-8,11-16H2,1-2H3,(H,21,22);1H. The number of aliphatic imine (C=N–C) groups is 1. The van der Waals surface area contributed by atoms with E-state index in [9.17, 15) is 0 Å². The lowest BCUT2D eigenvalue weighted by Gasteiger charge is -2.35. The van der Waals surface area contributed by atoms with Crippen molar-refractivity contribution in [3.8, 4) is 0 Å². The van der Waals surface area contributed by atoms with Gasteiger partial charge in [0, 0.05) is 38.6 Å². The Bertz CT molecular complexity index is 534. The fourth-order valence-corrected chi connectivity index (χ4v) is 4.20. The van der Waals surface area contributed by atoms with Crippen LogP contribution in [0, 0.1) is 0 Å². The van der Waals surface area contributed by atoms with Crippen LogP contribution in [0.3, 0.4) is 0 Å². The maximum absolute atomic E-state index is 4.55. The van der Waals surface area contributed by atoms with Gasteiger partial charge in [-0.15, -0.1) is 24.0 Å². The number of guanidine groups is 1. The summed E-state index contributed by atoms with van der Waals surface area (Å²) in [4.78, 5) is 9.59. The van der Waals surface area contributed by atoms with Gasteiger partial charge in [0.05, 0.1) is 0 Å². The monoisotopic (exact) mass is 456 g/mol. The van der Waals surface area contributed by atoms with E-state index in [4.69, 9.17) is 0 Å². The van der Waals surface area contributed by atoms with Gasteiger partial charge >= 0.3 is 0 Å². The van der Waals surface area contributed by atoms with Crippen molar-refractivity contribution in [2.24, 2.45) is 4.99 Å². The maximum atomic E-state index is 4.55. The van der Waals surface area contributed by atoms with Crippen LogP contribution in [-0.2, 0) is 0 Å². The first kappa shape index (κ1) is 20.5. The van der Waals surface area contributed by atoms with Gasteiger partial charge < -0.3 is 10.2 Å². The van der Waals surface area contributed by atoms with Crippen LogP contribution in [0.2, 0.25) is 0 Å². The highest BCUT2D eigenvalue weighted by molar-refractivity contribution is 14.0. The third-order valence-electron chi connectivity index (χ3n) is 5.62. The van der Waals surface area contributed by atoms with Crippen LogP contribution in [-0.4, -0.2) is 61.6 Å². The second-order valence-corrected chi connectivity index (χ2v) is 7.05. The lowest BCUT2D eigenvalue weighted by Crippen LogP contribution is -2.49. The summed E-state index contributed by atoms with van der Waals surface area (Å²) in [6, 6.07) is 11.6. The van der Waals surface area contributed by atoms with Gasteiger partial charge in [-0.2, -0.15) is 0 Å². The summed E-state index contributed by atoms with van der Waals surface area (Å²) in [5, 5.41) is 3.65. The number of halogens is 1. The normalized spacial score (nSPS) is 24.9. The third-order valence-corrected chi connectivity index (χ3v) is 5.62. The number of benzene rings is 1. The molecule has 25 heavy (non-hydrogen) atoms. The average molecular weight is 456 g/mol. The summed E-state index contributed by atoms with van der Waals surface area (Å²) in [6.07, 6.45) is 5.24. The molecule has 0 aromatic heterocycles. The molecule has 0 radical (unpaired) electrons. The van der Waals surface area contributed by atoms with E-state index in [0.29, 0.717) is 12.0 Å². The fourth-order valence-electron chi connectivity index (χ4n) is 4.20. The first-order valence-electron chi connectivity index (χ1n) is 9.56. The van der Waals surface area contributed by atoms with Crippen molar-refractivity contribution in [2.45, 2.75) is 44.6 Å². The molecule has 1 aromatic rings. The molecule has 2 aliphatic heterocycles. The van der Waals surface area contributed by atoms with Crippen LogP contribution < -0.4 is 5.32 Å². The molecule has 2 heterocycles. The number of rotatable bonds is 4. The SMILES string of the molecule is CCN1CCCCC1CNC(=NC)N1CCC(c2ccccc2)C1.I. The number of nitrogens with zero attached hydrogens (tertiary/aromatic N) is 3. The minimum Gasteiger partial charge on any atom is -0.355 e. The molecule has 2 fully saturated rings. The topological polar surface area (TPSA) is 30.9 Å². The molecule has 0 amide bonds. The minimum atomic E-state index is 0. The van der Waals surface area contributed by atoms with E-state index in [1.54, 1.807) is 0 Å². The second-order valence-electron chi connectivity index (χ2n) is 7.05. The highest BCUT2D eigenvalue weighted by atomic mass is 127. The van der Waals surface area contributed by atoms with Gasteiger partial charge in [0.1, 0.15) is 0 Å². The summed E-state index contributed by atoms with van der Waals surface area (Å²) >= 11 is 0. The molecule has 0 bridgehead atoms. The lowest BCUT2D eigenvalue weighted by atomic mass is 9.99. The molecule has 5 heteroatoms. The van der Waals surface area contributed by atoms with Crippen molar-refractivity contribution < 1.29 is 0 Å². The predicted octanol–water partition coefficient (Wildman–Crippen LogP) is 3.54. The largest absolute Gasteiger partial charge is 0.355 e. The lowest BCUT2D eigenvalue weighted by molar-refractivity contribution is 0.157. The summed E-state index contributed by atoms with van der Waals surface area (Å²) in [6.45, 7) is 7.88. The van der Waals surface area contributed by atoms with Gasteiger partial charge in [0.25, 0.3) is 0 Å². The number of nitrogens with one attached hydrogen (secondary N) is 1. The number of hydrogen-bond donors (Lipinski definition) is 1. The number of hydrogen-bond acceptors (Lipinski definition) is 2. The van der Waals surface area contributed by atoms with Gasteiger partial charge in [-0.25, -0.2) is 0 Å². The van der Waals surface area contributed by atoms with E-state index in [-0.39, 0.29) is 24.0 Å². The molecule has 0 spiro atoms. The van der Waals surface area contributed by atoms with Crippen LogP contribution >= 0.6 is 24.0 Å². The van der Waals surface area contributed by atoms with Gasteiger partial charge in [0.15, 0.2) is 5.96 Å². The Kier molecular flexibility index (Phi) is 8.49. The molecular formula is C20H33IN4. The van der Waals surface area contributed by atoms with E-state index >= 15 is 0 Å². The Balaban J connectivity index is 0.00000225. The smallest absolute Gasteiger partial charge is 0.193 e. The number of likely N-dealkylation sites (tertiary alicyclic amines) is 2. The maximum Gasteiger partial charge on any atom is 0.193 e. The summed E-state index contributed by atoms with van der Waals surface area (Å²) in [7, 11) is 1.91. The van der Waals surface area contributed by atoms with Crippen molar-refractivity contribution in [3.63, 3.8) is 0 Å². The number of likely N-dealkylation sites (N-methyl/N-ethyl adjacent to an activating group) is 1. The molecule has 2 saturated heterocycles. The molecular weight excluding hydrogens is 423 g/mol. The molecule has 2 unspecified atom stereocenters. The predicted molar refractivity (Wildman–Crippen MR) is 117 cm³/mol. The number of piperidine rings is 1. The van der Waals surface area contributed by atoms with E-state index in [2.05, 4.69) is 57.4 Å².